The van der Waals surface area contributed by atoms with Gasteiger partial charge >= 0.3 is 0 Å². The zero-order valence-corrected chi connectivity index (χ0v) is 18.6. The third-order valence-corrected chi connectivity index (χ3v) is 7.07. The summed E-state index contributed by atoms with van der Waals surface area (Å²) in [5.74, 6) is 1.06. The molecule has 1 unspecified atom stereocenters. The van der Waals surface area contributed by atoms with E-state index >= 15 is 0 Å². The number of likely N-dealkylation sites (tertiary alicyclic amines) is 1. The van der Waals surface area contributed by atoms with Crippen LogP contribution < -0.4 is 0 Å². The molecule has 0 spiro atoms. The van der Waals surface area contributed by atoms with Gasteiger partial charge < -0.3 is 4.90 Å². The molecule has 4 rings (SSSR count). The fourth-order valence-corrected chi connectivity index (χ4v) is 5.15. The first-order valence-electron chi connectivity index (χ1n) is 11.7. The van der Waals surface area contributed by atoms with Gasteiger partial charge in [0, 0.05) is 46.1 Å². The first-order chi connectivity index (χ1) is 15.1. The lowest BCUT2D eigenvalue weighted by molar-refractivity contribution is -0.130. The van der Waals surface area contributed by atoms with Crippen LogP contribution in [0.5, 0.6) is 0 Å². The molecule has 2 aliphatic rings. The molecular formula is C27H34N2O2. The van der Waals surface area contributed by atoms with Crippen LogP contribution in [0.15, 0.2) is 54.6 Å². The Hall–Kier alpha value is -2.46. The maximum absolute atomic E-state index is 13.4. The van der Waals surface area contributed by atoms with Crippen molar-refractivity contribution < 1.29 is 9.59 Å². The first-order valence-corrected chi connectivity index (χ1v) is 11.7. The van der Waals surface area contributed by atoms with E-state index in [9.17, 15) is 9.59 Å². The lowest BCUT2D eigenvalue weighted by Crippen LogP contribution is -2.37. The number of benzene rings is 2. The normalized spacial score (nSPS) is 20.2. The number of rotatable bonds is 6. The summed E-state index contributed by atoms with van der Waals surface area (Å²) >= 11 is 0. The van der Waals surface area contributed by atoms with Gasteiger partial charge in [0.2, 0.25) is 5.91 Å². The standard InChI is InChI=1S/C27H34N2O2/c1-21(30)29-17-13-22(14-18-29)11-12-27(31)26-20-28(19-23-7-3-2-4-8-23)16-15-24-9-5-6-10-25(24)26/h2-10,22,26H,11-20H2,1H3. The highest BCUT2D eigenvalue weighted by Crippen LogP contribution is 2.30. The maximum atomic E-state index is 13.4. The second-order valence-corrected chi connectivity index (χ2v) is 9.18. The fraction of sp³-hybridized carbons (Fsp3) is 0.481. The highest BCUT2D eigenvalue weighted by molar-refractivity contribution is 5.86. The molecule has 2 heterocycles. The summed E-state index contributed by atoms with van der Waals surface area (Å²) in [5.41, 5.74) is 3.86. The van der Waals surface area contributed by atoms with E-state index in [2.05, 4.69) is 59.5 Å². The summed E-state index contributed by atoms with van der Waals surface area (Å²) in [5, 5.41) is 0. The lowest BCUT2D eigenvalue weighted by atomic mass is 9.85. The zero-order chi connectivity index (χ0) is 21.6. The van der Waals surface area contributed by atoms with E-state index in [1.807, 2.05) is 4.90 Å². The van der Waals surface area contributed by atoms with Gasteiger partial charge in [-0.3, -0.25) is 14.5 Å². The number of fused-ring (bicyclic) bond motifs is 1. The van der Waals surface area contributed by atoms with Gasteiger partial charge in [-0.15, -0.1) is 0 Å². The Morgan fingerprint density at radius 2 is 1.65 bits per heavy atom. The van der Waals surface area contributed by atoms with Crippen molar-refractivity contribution in [2.24, 2.45) is 5.92 Å². The number of ketones is 1. The Kier molecular flexibility index (Phi) is 7.18. The van der Waals surface area contributed by atoms with Crippen molar-refractivity contribution in [3.63, 3.8) is 0 Å². The van der Waals surface area contributed by atoms with Crippen LogP contribution in [0.25, 0.3) is 0 Å². The van der Waals surface area contributed by atoms with Crippen molar-refractivity contribution in [1.82, 2.24) is 9.80 Å². The topological polar surface area (TPSA) is 40.6 Å². The lowest BCUT2D eigenvalue weighted by Gasteiger charge is -2.31. The molecule has 1 atom stereocenters. The van der Waals surface area contributed by atoms with Gasteiger partial charge in [0.05, 0.1) is 5.92 Å². The van der Waals surface area contributed by atoms with E-state index in [0.29, 0.717) is 18.1 Å². The molecule has 0 aromatic heterocycles. The number of carbonyl (C=O) groups excluding carboxylic acids is 2. The Morgan fingerprint density at radius 1 is 0.935 bits per heavy atom. The molecule has 4 nitrogen and oxygen atoms in total. The van der Waals surface area contributed by atoms with Crippen LogP contribution in [-0.2, 0) is 22.6 Å². The molecule has 0 radical (unpaired) electrons. The van der Waals surface area contributed by atoms with Gasteiger partial charge in [0.15, 0.2) is 0 Å². The first kappa shape index (κ1) is 21.8. The quantitative estimate of drug-likeness (QED) is 0.697. The summed E-state index contributed by atoms with van der Waals surface area (Å²) in [7, 11) is 0. The summed E-state index contributed by atoms with van der Waals surface area (Å²) in [4.78, 5) is 29.4. The summed E-state index contributed by atoms with van der Waals surface area (Å²) in [6.45, 7) is 6.00. The average molecular weight is 419 g/mol. The van der Waals surface area contributed by atoms with E-state index < -0.39 is 0 Å². The van der Waals surface area contributed by atoms with E-state index in [0.717, 1.165) is 58.4 Å². The van der Waals surface area contributed by atoms with Crippen LogP contribution in [-0.4, -0.2) is 47.7 Å². The number of piperidine rings is 1. The minimum atomic E-state index is -0.0419. The number of carbonyl (C=O) groups is 2. The fourth-order valence-electron chi connectivity index (χ4n) is 5.15. The predicted octanol–water partition coefficient (Wildman–Crippen LogP) is 4.44. The molecular weight excluding hydrogens is 384 g/mol. The van der Waals surface area contributed by atoms with Gasteiger partial charge in [-0.2, -0.15) is 0 Å². The Bertz CT molecular complexity index is 887. The molecule has 0 bridgehead atoms. The highest BCUT2D eigenvalue weighted by Gasteiger charge is 2.29. The van der Waals surface area contributed by atoms with Crippen molar-refractivity contribution in [1.29, 1.82) is 0 Å². The maximum Gasteiger partial charge on any atom is 0.219 e. The van der Waals surface area contributed by atoms with Crippen LogP contribution in [0.3, 0.4) is 0 Å². The summed E-state index contributed by atoms with van der Waals surface area (Å²) in [6.07, 6.45) is 4.63. The highest BCUT2D eigenvalue weighted by atomic mass is 16.2. The molecule has 0 N–H and O–H groups in total. The molecule has 2 aliphatic heterocycles. The van der Waals surface area contributed by atoms with Gasteiger partial charge in [-0.1, -0.05) is 54.6 Å². The van der Waals surface area contributed by atoms with Crippen LogP contribution in [0.4, 0.5) is 0 Å². The second kappa shape index (κ2) is 10.2. The number of hydrogen-bond donors (Lipinski definition) is 0. The van der Waals surface area contributed by atoms with Crippen molar-refractivity contribution in [2.75, 3.05) is 26.2 Å². The van der Waals surface area contributed by atoms with Crippen molar-refractivity contribution >= 4 is 11.7 Å². The SMILES string of the molecule is CC(=O)N1CCC(CCC(=O)C2CN(Cc3ccccc3)CCc3ccccc32)CC1. The third kappa shape index (κ3) is 5.62. The van der Waals surface area contributed by atoms with E-state index in [1.54, 1.807) is 6.92 Å². The monoisotopic (exact) mass is 418 g/mol. The van der Waals surface area contributed by atoms with Crippen LogP contribution in [0.1, 0.15) is 55.2 Å². The second-order valence-electron chi connectivity index (χ2n) is 9.18. The molecule has 0 saturated carbocycles. The van der Waals surface area contributed by atoms with Crippen molar-refractivity contribution in [3.8, 4) is 0 Å². The number of nitrogens with zero attached hydrogens (tertiary/aromatic N) is 2. The molecule has 1 amide bonds. The van der Waals surface area contributed by atoms with Crippen molar-refractivity contribution in [2.45, 2.75) is 51.5 Å². The molecule has 2 aromatic carbocycles. The number of amides is 1. The largest absolute Gasteiger partial charge is 0.343 e. The summed E-state index contributed by atoms with van der Waals surface area (Å²) in [6, 6.07) is 19.1. The average Bonchev–Trinajstić information content (AvgIpc) is 2.98. The van der Waals surface area contributed by atoms with Crippen LogP contribution in [0.2, 0.25) is 0 Å². The summed E-state index contributed by atoms with van der Waals surface area (Å²) < 4.78 is 0. The van der Waals surface area contributed by atoms with Crippen LogP contribution >= 0.6 is 0 Å². The minimum absolute atomic E-state index is 0.0419. The van der Waals surface area contributed by atoms with Gasteiger partial charge in [0.1, 0.15) is 5.78 Å². The van der Waals surface area contributed by atoms with E-state index in [4.69, 9.17) is 0 Å². The van der Waals surface area contributed by atoms with Gasteiger partial charge in [-0.25, -0.2) is 0 Å². The Labute approximate surface area is 186 Å². The number of Topliss-reactive ketones (excluding diaryl/α,β-unsaturated/α-hetero) is 1. The van der Waals surface area contributed by atoms with E-state index in [1.165, 1.54) is 16.7 Å². The van der Waals surface area contributed by atoms with Gasteiger partial charge in [-0.05, 0) is 48.3 Å². The molecule has 4 heteroatoms. The molecule has 164 valence electrons. The Morgan fingerprint density at radius 3 is 2.39 bits per heavy atom. The van der Waals surface area contributed by atoms with Crippen LogP contribution in [0, 0.1) is 5.92 Å². The van der Waals surface area contributed by atoms with Gasteiger partial charge in [0.25, 0.3) is 0 Å². The van der Waals surface area contributed by atoms with Crippen molar-refractivity contribution in [3.05, 3.63) is 71.3 Å². The molecule has 0 aliphatic carbocycles. The molecule has 2 aromatic rings. The number of hydrogen-bond acceptors (Lipinski definition) is 3. The predicted molar refractivity (Wildman–Crippen MR) is 124 cm³/mol. The molecule has 31 heavy (non-hydrogen) atoms. The molecule has 1 fully saturated rings. The third-order valence-electron chi connectivity index (χ3n) is 7.07. The smallest absolute Gasteiger partial charge is 0.219 e. The Balaban J connectivity index is 1.41. The minimum Gasteiger partial charge on any atom is -0.343 e. The van der Waals surface area contributed by atoms with E-state index in [-0.39, 0.29) is 11.8 Å². The molecule has 1 saturated heterocycles. The zero-order valence-electron chi connectivity index (χ0n) is 18.6.